The van der Waals surface area contributed by atoms with E-state index in [-0.39, 0.29) is 18.5 Å². The van der Waals surface area contributed by atoms with Crippen molar-refractivity contribution in [1.82, 2.24) is 0 Å². The molecule has 1 aliphatic rings. The lowest BCUT2D eigenvalue weighted by Crippen LogP contribution is -2.11. The van der Waals surface area contributed by atoms with Crippen molar-refractivity contribution in [2.45, 2.75) is 25.4 Å². The predicted molar refractivity (Wildman–Crippen MR) is 39.7 cm³/mol. The summed E-state index contributed by atoms with van der Waals surface area (Å²) in [5.41, 5.74) is 5.38. The third-order valence-corrected chi connectivity index (χ3v) is 1.85. The van der Waals surface area contributed by atoms with Gasteiger partial charge in [0.05, 0.1) is 6.10 Å². The summed E-state index contributed by atoms with van der Waals surface area (Å²) in [5, 5.41) is 8.98. The minimum Gasteiger partial charge on any atom is -0.393 e. The summed E-state index contributed by atoms with van der Waals surface area (Å²) in [7, 11) is 0. The highest BCUT2D eigenvalue weighted by Gasteiger charge is 2.20. The van der Waals surface area contributed by atoms with E-state index in [9.17, 15) is 0 Å². The molecule has 3 heteroatoms. The Morgan fingerprint density at radius 1 is 1.44 bits per heavy atom. The van der Waals surface area contributed by atoms with Crippen molar-refractivity contribution in [3.63, 3.8) is 0 Å². The summed E-state index contributed by atoms with van der Waals surface area (Å²) in [6, 6.07) is 0. The molecule has 0 aromatic heterocycles. The molecule has 2 atom stereocenters. The van der Waals surface area contributed by atoms with Crippen LogP contribution in [0.25, 0.3) is 0 Å². The van der Waals surface area contributed by atoms with E-state index < -0.39 is 0 Å². The highest BCUT2D eigenvalue weighted by molar-refractivity contribution is 5.85. The van der Waals surface area contributed by atoms with Crippen LogP contribution in [-0.2, 0) is 0 Å². The first kappa shape index (κ1) is 9.21. The van der Waals surface area contributed by atoms with Crippen LogP contribution in [0.15, 0.2) is 0 Å². The zero-order valence-electron chi connectivity index (χ0n) is 5.42. The van der Waals surface area contributed by atoms with Crippen LogP contribution < -0.4 is 5.73 Å². The summed E-state index contributed by atoms with van der Waals surface area (Å²) < 4.78 is 0. The van der Waals surface area contributed by atoms with Crippen LogP contribution in [0.3, 0.4) is 0 Å². The Morgan fingerprint density at radius 2 is 2.11 bits per heavy atom. The van der Waals surface area contributed by atoms with Crippen LogP contribution >= 0.6 is 12.4 Å². The van der Waals surface area contributed by atoms with Crippen LogP contribution in [0.4, 0.5) is 0 Å². The quantitative estimate of drug-likeness (QED) is 0.575. The monoisotopic (exact) mass is 151 g/mol. The smallest absolute Gasteiger partial charge is 0.0543 e. The van der Waals surface area contributed by atoms with Gasteiger partial charge in [-0.25, -0.2) is 0 Å². The van der Waals surface area contributed by atoms with Crippen LogP contribution in [-0.4, -0.2) is 17.8 Å². The first-order valence-electron chi connectivity index (χ1n) is 3.21. The molecule has 0 bridgehead atoms. The Bertz CT molecular complexity index is 79.5. The largest absolute Gasteiger partial charge is 0.393 e. The van der Waals surface area contributed by atoms with Gasteiger partial charge in [0.15, 0.2) is 0 Å². The van der Waals surface area contributed by atoms with E-state index in [0.29, 0.717) is 5.92 Å². The van der Waals surface area contributed by atoms with Crippen LogP contribution in [0.5, 0.6) is 0 Å². The second-order valence-electron chi connectivity index (χ2n) is 2.57. The lowest BCUT2D eigenvalue weighted by molar-refractivity contribution is 0.178. The van der Waals surface area contributed by atoms with Crippen LogP contribution in [0.2, 0.25) is 0 Å². The summed E-state index contributed by atoms with van der Waals surface area (Å²) >= 11 is 0. The van der Waals surface area contributed by atoms with Gasteiger partial charge in [-0.05, 0) is 31.7 Å². The van der Waals surface area contributed by atoms with E-state index >= 15 is 0 Å². The average Bonchev–Trinajstić information content (AvgIpc) is 2.14. The summed E-state index contributed by atoms with van der Waals surface area (Å²) in [5.74, 6) is 0.602. The normalized spacial score (nSPS) is 34.0. The maximum atomic E-state index is 8.98. The number of aliphatic hydroxyl groups is 1. The van der Waals surface area contributed by atoms with Gasteiger partial charge in [-0.1, -0.05) is 0 Å². The van der Waals surface area contributed by atoms with Gasteiger partial charge in [0, 0.05) is 0 Å². The second-order valence-corrected chi connectivity index (χ2v) is 2.57. The topological polar surface area (TPSA) is 46.2 Å². The molecule has 0 aromatic rings. The molecule has 0 aromatic carbocycles. The van der Waals surface area contributed by atoms with Gasteiger partial charge in [-0.3, -0.25) is 0 Å². The van der Waals surface area contributed by atoms with Crippen LogP contribution in [0.1, 0.15) is 19.3 Å². The molecular formula is C6H14ClNO. The molecule has 2 nitrogen and oxygen atoms in total. The van der Waals surface area contributed by atoms with Gasteiger partial charge in [0.1, 0.15) is 0 Å². The molecule has 9 heavy (non-hydrogen) atoms. The minimum absolute atomic E-state index is 0. The van der Waals surface area contributed by atoms with Crippen molar-refractivity contribution in [2.24, 2.45) is 11.7 Å². The number of aliphatic hydroxyl groups excluding tert-OH is 1. The number of hydrogen-bond acceptors (Lipinski definition) is 2. The molecule has 0 heterocycles. The molecule has 1 aliphatic carbocycles. The van der Waals surface area contributed by atoms with E-state index in [1.807, 2.05) is 0 Å². The first-order chi connectivity index (χ1) is 3.83. The maximum Gasteiger partial charge on any atom is 0.0543 e. The van der Waals surface area contributed by atoms with Crippen molar-refractivity contribution in [3.8, 4) is 0 Å². The Labute approximate surface area is 61.8 Å². The molecule has 3 N–H and O–H groups in total. The number of nitrogens with two attached hydrogens (primary N) is 1. The average molecular weight is 152 g/mol. The van der Waals surface area contributed by atoms with Crippen molar-refractivity contribution >= 4 is 12.4 Å². The Kier molecular flexibility index (Phi) is 4.19. The third kappa shape index (κ3) is 2.52. The van der Waals surface area contributed by atoms with Crippen LogP contribution in [0, 0.1) is 5.92 Å². The molecule has 0 saturated heterocycles. The number of rotatable bonds is 1. The first-order valence-corrected chi connectivity index (χ1v) is 3.21. The SMILES string of the molecule is Cl.NC[C@H]1CC[C@H](O)C1. The molecular weight excluding hydrogens is 138 g/mol. The van der Waals surface area contributed by atoms with Crippen molar-refractivity contribution in [2.75, 3.05) is 6.54 Å². The highest BCUT2D eigenvalue weighted by atomic mass is 35.5. The Morgan fingerprint density at radius 3 is 2.33 bits per heavy atom. The van der Waals surface area contributed by atoms with Crippen molar-refractivity contribution in [1.29, 1.82) is 0 Å². The number of hydrogen-bond donors (Lipinski definition) is 2. The van der Waals surface area contributed by atoms with E-state index in [2.05, 4.69) is 0 Å². The highest BCUT2D eigenvalue weighted by Crippen LogP contribution is 2.23. The fourth-order valence-electron chi connectivity index (χ4n) is 1.26. The fraction of sp³-hybridized carbons (Fsp3) is 1.00. The van der Waals surface area contributed by atoms with Gasteiger partial charge < -0.3 is 10.8 Å². The molecule has 0 amide bonds. The Hall–Kier alpha value is 0.210. The summed E-state index contributed by atoms with van der Waals surface area (Å²) in [6.45, 7) is 0.747. The lowest BCUT2D eigenvalue weighted by Gasteiger charge is -2.01. The Balaban J connectivity index is 0.000000640. The maximum absolute atomic E-state index is 8.98. The van der Waals surface area contributed by atoms with Crippen molar-refractivity contribution < 1.29 is 5.11 Å². The van der Waals surface area contributed by atoms with Gasteiger partial charge in [0.2, 0.25) is 0 Å². The zero-order chi connectivity index (χ0) is 5.98. The van der Waals surface area contributed by atoms with E-state index in [1.54, 1.807) is 0 Å². The lowest BCUT2D eigenvalue weighted by atomic mass is 10.1. The fourth-order valence-corrected chi connectivity index (χ4v) is 1.26. The standard InChI is InChI=1S/C6H13NO.ClH/c7-4-5-1-2-6(8)3-5;/h5-6,8H,1-4,7H2;1H/t5-,6-;/m0./s1. The van der Waals surface area contributed by atoms with Gasteiger partial charge in [-0.15, -0.1) is 12.4 Å². The zero-order valence-corrected chi connectivity index (χ0v) is 6.23. The van der Waals surface area contributed by atoms with E-state index in [0.717, 1.165) is 25.8 Å². The van der Waals surface area contributed by atoms with Gasteiger partial charge >= 0.3 is 0 Å². The molecule has 0 radical (unpaired) electrons. The van der Waals surface area contributed by atoms with E-state index in [4.69, 9.17) is 10.8 Å². The van der Waals surface area contributed by atoms with Gasteiger partial charge in [-0.2, -0.15) is 0 Å². The van der Waals surface area contributed by atoms with E-state index in [1.165, 1.54) is 0 Å². The molecule has 1 saturated carbocycles. The van der Waals surface area contributed by atoms with Crippen molar-refractivity contribution in [3.05, 3.63) is 0 Å². The molecule has 1 fully saturated rings. The third-order valence-electron chi connectivity index (χ3n) is 1.85. The minimum atomic E-state index is -0.0523. The molecule has 56 valence electrons. The summed E-state index contributed by atoms with van der Waals surface area (Å²) in [6.07, 6.45) is 2.96. The predicted octanol–water partition coefficient (Wildman–Crippen LogP) is 0.528. The van der Waals surface area contributed by atoms with Gasteiger partial charge in [0.25, 0.3) is 0 Å². The molecule has 1 rings (SSSR count). The molecule has 0 spiro atoms. The second kappa shape index (κ2) is 4.09. The molecule has 0 unspecified atom stereocenters. The summed E-state index contributed by atoms with van der Waals surface area (Å²) in [4.78, 5) is 0. The number of halogens is 1. The molecule has 0 aliphatic heterocycles.